The summed E-state index contributed by atoms with van der Waals surface area (Å²) in [7, 11) is 4.36. The minimum Gasteiger partial charge on any atom is -0.467 e. The topological polar surface area (TPSA) is 30.5 Å². The molecule has 0 amide bonds. The van der Waals surface area contributed by atoms with Crippen LogP contribution in [0.1, 0.15) is 48.9 Å². The minimum absolute atomic E-state index is 0.0623. The Bertz CT molecular complexity index is 741. The number of methoxy groups -OCH3 is 1. The van der Waals surface area contributed by atoms with Crippen molar-refractivity contribution >= 4 is 13.9 Å². The first kappa shape index (κ1) is 21.9. The van der Waals surface area contributed by atoms with E-state index in [1.165, 1.54) is 27.6 Å². The maximum Gasteiger partial charge on any atom is 0.188 e. The van der Waals surface area contributed by atoms with Gasteiger partial charge in [-0.05, 0) is 50.7 Å². The Balaban J connectivity index is 2.51. The monoisotopic (exact) mass is 387 g/mol. The molecule has 0 saturated heterocycles. The van der Waals surface area contributed by atoms with Crippen molar-refractivity contribution in [3.05, 3.63) is 58.7 Å². The van der Waals surface area contributed by atoms with Crippen LogP contribution in [0.2, 0.25) is 0 Å². The molecule has 2 aromatic carbocycles. The highest BCUT2D eigenvalue weighted by Gasteiger charge is 2.32. The second-order valence-electron chi connectivity index (χ2n) is 7.16. The summed E-state index contributed by atoms with van der Waals surface area (Å²) in [6, 6.07) is 13.4. The van der Waals surface area contributed by atoms with Gasteiger partial charge in [0.15, 0.2) is 6.79 Å². The minimum atomic E-state index is 0.0623. The standard InChI is InChI=1S/C23H34NO2P/c1-7-23(8-2,20-14-18(4)9-11-21(20)26-16-25-6)27-22-12-10-17(3)13-19(22)15-24-5/h9-14,24,27H,7-8,15-16H2,1-6H3. The van der Waals surface area contributed by atoms with Gasteiger partial charge in [0, 0.05) is 24.4 Å². The molecule has 0 heterocycles. The van der Waals surface area contributed by atoms with Gasteiger partial charge in [-0.25, -0.2) is 0 Å². The maximum absolute atomic E-state index is 5.96. The molecule has 1 atom stereocenters. The molecular weight excluding hydrogens is 353 g/mol. The van der Waals surface area contributed by atoms with Crippen molar-refractivity contribution in [2.24, 2.45) is 0 Å². The predicted octanol–water partition coefficient (Wildman–Crippen LogP) is 5.02. The molecule has 3 nitrogen and oxygen atoms in total. The van der Waals surface area contributed by atoms with Crippen molar-refractivity contribution < 1.29 is 9.47 Å². The van der Waals surface area contributed by atoms with E-state index in [1.807, 2.05) is 7.05 Å². The van der Waals surface area contributed by atoms with Crippen molar-refractivity contribution in [1.29, 1.82) is 0 Å². The number of hydrogen-bond acceptors (Lipinski definition) is 3. The maximum atomic E-state index is 5.96. The zero-order chi connectivity index (χ0) is 19.9. The molecule has 0 aliphatic heterocycles. The predicted molar refractivity (Wildman–Crippen MR) is 118 cm³/mol. The zero-order valence-electron chi connectivity index (χ0n) is 17.6. The van der Waals surface area contributed by atoms with Gasteiger partial charge >= 0.3 is 0 Å². The summed E-state index contributed by atoms with van der Waals surface area (Å²) in [5, 5.41) is 4.83. The normalized spacial score (nSPS) is 12.1. The van der Waals surface area contributed by atoms with E-state index in [2.05, 4.69) is 69.4 Å². The molecule has 2 rings (SSSR count). The third-order valence-corrected chi connectivity index (χ3v) is 7.40. The van der Waals surface area contributed by atoms with Crippen molar-refractivity contribution in [2.75, 3.05) is 21.0 Å². The molecule has 1 unspecified atom stereocenters. The Labute approximate surface area is 166 Å². The molecule has 4 heteroatoms. The molecule has 1 N–H and O–H groups in total. The summed E-state index contributed by atoms with van der Waals surface area (Å²) in [6.45, 7) is 10.1. The molecule has 0 saturated carbocycles. The second-order valence-corrected chi connectivity index (χ2v) is 8.90. The highest BCUT2D eigenvalue weighted by Crippen LogP contribution is 2.50. The summed E-state index contributed by atoms with van der Waals surface area (Å²) < 4.78 is 11.1. The van der Waals surface area contributed by atoms with Crippen LogP contribution in [0.4, 0.5) is 0 Å². The second kappa shape index (κ2) is 10.2. The van der Waals surface area contributed by atoms with E-state index in [0.717, 1.165) is 25.1 Å². The molecule has 0 radical (unpaired) electrons. The highest BCUT2D eigenvalue weighted by molar-refractivity contribution is 7.48. The molecule has 0 aromatic heterocycles. The van der Waals surface area contributed by atoms with Crippen LogP contribution in [0, 0.1) is 13.8 Å². The SMILES string of the molecule is CCC(CC)(Pc1ccc(C)cc1CNC)c1cc(C)ccc1OCOC. The Hall–Kier alpha value is -1.41. The van der Waals surface area contributed by atoms with E-state index in [4.69, 9.17) is 9.47 Å². The molecular formula is C23H34NO2P. The molecule has 0 fully saturated rings. The van der Waals surface area contributed by atoms with Gasteiger partial charge in [-0.15, -0.1) is 0 Å². The van der Waals surface area contributed by atoms with Gasteiger partial charge in [-0.1, -0.05) is 63.9 Å². The fraction of sp³-hybridized carbons (Fsp3) is 0.478. The van der Waals surface area contributed by atoms with Crippen LogP contribution in [0.25, 0.3) is 0 Å². The van der Waals surface area contributed by atoms with Gasteiger partial charge in [0.25, 0.3) is 0 Å². The van der Waals surface area contributed by atoms with E-state index in [9.17, 15) is 0 Å². The highest BCUT2D eigenvalue weighted by atomic mass is 31.1. The Morgan fingerprint density at radius 3 is 2.30 bits per heavy atom. The molecule has 0 aliphatic carbocycles. The fourth-order valence-electron chi connectivity index (χ4n) is 3.58. The van der Waals surface area contributed by atoms with Crippen LogP contribution in [0.15, 0.2) is 36.4 Å². The van der Waals surface area contributed by atoms with Gasteiger partial charge in [-0.3, -0.25) is 0 Å². The average Bonchev–Trinajstić information content (AvgIpc) is 2.67. The Morgan fingerprint density at radius 2 is 1.67 bits per heavy atom. The number of ether oxygens (including phenoxy) is 2. The molecule has 0 spiro atoms. The smallest absolute Gasteiger partial charge is 0.188 e. The number of aryl methyl sites for hydroxylation is 2. The van der Waals surface area contributed by atoms with Crippen LogP contribution < -0.4 is 15.4 Å². The first-order valence-corrected chi connectivity index (χ1v) is 10.7. The first-order chi connectivity index (χ1) is 13.0. The van der Waals surface area contributed by atoms with Crippen molar-refractivity contribution in [2.45, 2.75) is 52.2 Å². The number of benzene rings is 2. The van der Waals surface area contributed by atoms with Gasteiger partial charge in [-0.2, -0.15) is 0 Å². The lowest BCUT2D eigenvalue weighted by atomic mass is 9.90. The number of hydrogen-bond donors (Lipinski definition) is 1. The number of nitrogens with one attached hydrogen (secondary N) is 1. The van der Waals surface area contributed by atoms with Crippen LogP contribution in [-0.2, 0) is 16.4 Å². The van der Waals surface area contributed by atoms with E-state index < -0.39 is 0 Å². The molecule has 2 aromatic rings. The fourth-order valence-corrected chi connectivity index (χ4v) is 5.27. The summed E-state index contributed by atoms with van der Waals surface area (Å²) in [6.07, 6.45) is 2.14. The summed E-state index contributed by atoms with van der Waals surface area (Å²) in [5.41, 5.74) is 5.28. The van der Waals surface area contributed by atoms with Crippen molar-refractivity contribution in [1.82, 2.24) is 5.32 Å². The zero-order valence-corrected chi connectivity index (χ0v) is 18.6. The quantitative estimate of drug-likeness (QED) is 0.458. The summed E-state index contributed by atoms with van der Waals surface area (Å²) in [4.78, 5) is 0. The Kier molecular flexibility index (Phi) is 8.28. The van der Waals surface area contributed by atoms with E-state index in [-0.39, 0.29) is 11.9 Å². The average molecular weight is 388 g/mol. The van der Waals surface area contributed by atoms with Crippen LogP contribution in [-0.4, -0.2) is 21.0 Å². The van der Waals surface area contributed by atoms with Gasteiger partial charge in [0.05, 0.1) is 0 Å². The van der Waals surface area contributed by atoms with E-state index in [0.29, 0.717) is 8.58 Å². The largest absolute Gasteiger partial charge is 0.467 e. The lowest BCUT2D eigenvalue weighted by Crippen LogP contribution is -2.25. The van der Waals surface area contributed by atoms with Crippen molar-refractivity contribution in [3.63, 3.8) is 0 Å². The van der Waals surface area contributed by atoms with Gasteiger partial charge < -0.3 is 14.8 Å². The summed E-state index contributed by atoms with van der Waals surface area (Å²) in [5.74, 6) is 0.945. The Morgan fingerprint density at radius 1 is 1.00 bits per heavy atom. The third kappa shape index (κ3) is 5.31. The third-order valence-electron chi connectivity index (χ3n) is 5.19. The van der Waals surface area contributed by atoms with Crippen molar-refractivity contribution in [3.8, 4) is 5.75 Å². The van der Waals surface area contributed by atoms with E-state index in [1.54, 1.807) is 7.11 Å². The summed E-state index contributed by atoms with van der Waals surface area (Å²) >= 11 is 0. The molecule has 148 valence electrons. The number of rotatable bonds is 10. The molecule has 0 bridgehead atoms. The van der Waals surface area contributed by atoms with Gasteiger partial charge in [0.1, 0.15) is 5.75 Å². The van der Waals surface area contributed by atoms with Crippen LogP contribution in [0.5, 0.6) is 5.75 Å². The van der Waals surface area contributed by atoms with E-state index >= 15 is 0 Å². The van der Waals surface area contributed by atoms with Crippen LogP contribution in [0.3, 0.4) is 0 Å². The molecule has 27 heavy (non-hydrogen) atoms. The van der Waals surface area contributed by atoms with Gasteiger partial charge in [0.2, 0.25) is 0 Å². The lowest BCUT2D eigenvalue weighted by molar-refractivity contribution is 0.0499. The lowest BCUT2D eigenvalue weighted by Gasteiger charge is -2.35. The first-order valence-electron chi connectivity index (χ1n) is 9.74. The molecule has 0 aliphatic rings. The van der Waals surface area contributed by atoms with Crippen LogP contribution >= 0.6 is 8.58 Å².